The lowest BCUT2D eigenvalue weighted by Gasteiger charge is -2.10. The molecule has 114 valence electrons. The van der Waals surface area contributed by atoms with E-state index in [2.05, 4.69) is 20.6 Å². The SMILES string of the molecule is CCNC(=O)c1c2c(NC(C)C)ncnc2n2ccccc12. The first kappa shape index (κ1) is 14.3. The standard InChI is InChI=1S/C16H19N5O/c1-4-17-16(22)12-11-7-5-6-8-21(11)15-13(12)14(18-9-19-15)20-10(2)3/h5-10H,4H2,1-3H3,(H,17,22)(H,18,19,20). The van der Waals surface area contributed by atoms with Gasteiger partial charge < -0.3 is 15.0 Å². The number of fused-ring (bicyclic) bond motifs is 3. The van der Waals surface area contributed by atoms with Gasteiger partial charge in [0.15, 0.2) is 5.65 Å². The monoisotopic (exact) mass is 297 g/mol. The molecular weight excluding hydrogens is 278 g/mol. The molecule has 3 heterocycles. The van der Waals surface area contributed by atoms with Crippen molar-refractivity contribution in [3.8, 4) is 0 Å². The van der Waals surface area contributed by atoms with E-state index in [0.29, 0.717) is 17.9 Å². The van der Waals surface area contributed by atoms with Gasteiger partial charge in [-0.2, -0.15) is 0 Å². The van der Waals surface area contributed by atoms with Crippen molar-refractivity contribution in [3.05, 3.63) is 36.3 Å². The van der Waals surface area contributed by atoms with Crippen molar-refractivity contribution >= 4 is 28.3 Å². The lowest BCUT2D eigenvalue weighted by molar-refractivity contribution is 0.0959. The smallest absolute Gasteiger partial charge is 0.254 e. The summed E-state index contributed by atoms with van der Waals surface area (Å²) < 4.78 is 1.92. The summed E-state index contributed by atoms with van der Waals surface area (Å²) in [6.07, 6.45) is 3.43. The van der Waals surface area contributed by atoms with Crippen LogP contribution >= 0.6 is 0 Å². The second-order valence-electron chi connectivity index (χ2n) is 5.41. The lowest BCUT2D eigenvalue weighted by Crippen LogP contribution is -2.23. The Morgan fingerprint density at radius 2 is 2.14 bits per heavy atom. The van der Waals surface area contributed by atoms with Crippen molar-refractivity contribution in [2.75, 3.05) is 11.9 Å². The fourth-order valence-electron chi connectivity index (χ4n) is 2.61. The van der Waals surface area contributed by atoms with Gasteiger partial charge in [-0.15, -0.1) is 0 Å². The quantitative estimate of drug-likeness (QED) is 0.776. The molecule has 0 saturated heterocycles. The van der Waals surface area contributed by atoms with E-state index in [1.165, 1.54) is 6.33 Å². The highest BCUT2D eigenvalue weighted by Gasteiger charge is 2.22. The topological polar surface area (TPSA) is 71.3 Å². The third-order valence-corrected chi connectivity index (χ3v) is 3.41. The van der Waals surface area contributed by atoms with Gasteiger partial charge in [0.05, 0.1) is 16.5 Å². The summed E-state index contributed by atoms with van der Waals surface area (Å²) in [6.45, 7) is 6.55. The van der Waals surface area contributed by atoms with Crippen molar-refractivity contribution in [1.82, 2.24) is 19.7 Å². The molecular formula is C16H19N5O. The molecule has 0 aliphatic carbocycles. The zero-order valence-corrected chi connectivity index (χ0v) is 12.9. The van der Waals surface area contributed by atoms with Gasteiger partial charge in [-0.25, -0.2) is 9.97 Å². The molecule has 0 bridgehead atoms. The Kier molecular flexibility index (Phi) is 3.66. The van der Waals surface area contributed by atoms with E-state index >= 15 is 0 Å². The highest BCUT2D eigenvalue weighted by Crippen LogP contribution is 2.30. The maximum Gasteiger partial charge on any atom is 0.254 e. The van der Waals surface area contributed by atoms with Crippen LogP contribution in [-0.4, -0.2) is 32.9 Å². The molecule has 6 heteroatoms. The Morgan fingerprint density at radius 3 is 2.86 bits per heavy atom. The Balaban J connectivity index is 2.38. The summed E-state index contributed by atoms with van der Waals surface area (Å²) in [5.41, 5.74) is 2.17. The van der Waals surface area contributed by atoms with Crippen LogP contribution in [0, 0.1) is 0 Å². The molecule has 3 aromatic rings. The third kappa shape index (κ3) is 2.26. The van der Waals surface area contributed by atoms with E-state index in [9.17, 15) is 4.79 Å². The normalized spacial score (nSPS) is 11.3. The Labute approximate surface area is 128 Å². The van der Waals surface area contributed by atoms with E-state index in [4.69, 9.17) is 0 Å². The Morgan fingerprint density at radius 1 is 1.32 bits per heavy atom. The van der Waals surface area contributed by atoms with Crippen LogP contribution in [0.25, 0.3) is 16.6 Å². The predicted molar refractivity (Wildman–Crippen MR) is 87.3 cm³/mol. The highest BCUT2D eigenvalue weighted by molar-refractivity contribution is 6.16. The summed E-state index contributed by atoms with van der Waals surface area (Å²) in [7, 11) is 0. The number of carbonyl (C=O) groups is 1. The maximum absolute atomic E-state index is 12.6. The van der Waals surface area contributed by atoms with Crippen LogP contribution in [-0.2, 0) is 0 Å². The molecule has 0 aliphatic rings. The van der Waals surface area contributed by atoms with E-state index in [0.717, 1.165) is 16.6 Å². The molecule has 1 amide bonds. The van der Waals surface area contributed by atoms with Crippen LogP contribution in [0.2, 0.25) is 0 Å². The van der Waals surface area contributed by atoms with E-state index in [1.54, 1.807) is 0 Å². The zero-order valence-electron chi connectivity index (χ0n) is 12.9. The molecule has 22 heavy (non-hydrogen) atoms. The van der Waals surface area contributed by atoms with Gasteiger partial charge >= 0.3 is 0 Å². The average molecular weight is 297 g/mol. The van der Waals surface area contributed by atoms with Gasteiger partial charge in [0, 0.05) is 18.8 Å². The Hall–Kier alpha value is -2.63. The summed E-state index contributed by atoms with van der Waals surface area (Å²) in [4.78, 5) is 21.3. The molecule has 3 rings (SSSR count). The highest BCUT2D eigenvalue weighted by atomic mass is 16.1. The van der Waals surface area contributed by atoms with Gasteiger partial charge in [0.25, 0.3) is 5.91 Å². The number of aromatic nitrogens is 3. The number of rotatable bonds is 4. The summed E-state index contributed by atoms with van der Waals surface area (Å²) in [6, 6.07) is 5.97. The minimum atomic E-state index is -0.109. The summed E-state index contributed by atoms with van der Waals surface area (Å²) in [5.74, 6) is 0.577. The van der Waals surface area contributed by atoms with Crippen molar-refractivity contribution in [2.24, 2.45) is 0 Å². The van der Waals surface area contributed by atoms with Crippen LogP contribution in [0.3, 0.4) is 0 Å². The van der Waals surface area contributed by atoms with Crippen LogP contribution in [0.4, 0.5) is 5.82 Å². The second-order valence-corrected chi connectivity index (χ2v) is 5.41. The van der Waals surface area contributed by atoms with Gasteiger partial charge in [0.2, 0.25) is 0 Å². The average Bonchev–Trinajstić information content (AvgIpc) is 2.83. The number of carbonyl (C=O) groups excluding carboxylic acids is 1. The number of hydrogen-bond acceptors (Lipinski definition) is 4. The van der Waals surface area contributed by atoms with Gasteiger partial charge in [-0.3, -0.25) is 4.79 Å². The first-order chi connectivity index (χ1) is 10.6. The first-order valence-electron chi connectivity index (χ1n) is 7.42. The molecule has 6 nitrogen and oxygen atoms in total. The molecule has 0 aromatic carbocycles. The van der Waals surface area contributed by atoms with Crippen LogP contribution < -0.4 is 10.6 Å². The number of pyridine rings is 1. The van der Waals surface area contributed by atoms with E-state index in [1.807, 2.05) is 49.6 Å². The number of hydrogen-bond donors (Lipinski definition) is 2. The molecule has 3 aromatic heterocycles. The van der Waals surface area contributed by atoms with E-state index < -0.39 is 0 Å². The minimum Gasteiger partial charge on any atom is -0.367 e. The second kappa shape index (κ2) is 5.63. The third-order valence-electron chi connectivity index (χ3n) is 3.41. The lowest BCUT2D eigenvalue weighted by atomic mass is 10.1. The maximum atomic E-state index is 12.6. The first-order valence-corrected chi connectivity index (χ1v) is 7.42. The number of nitrogens with one attached hydrogen (secondary N) is 2. The summed E-state index contributed by atoms with van der Waals surface area (Å²) in [5, 5.41) is 6.94. The van der Waals surface area contributed by atoms with Gasteiger partial charge in [-0.05, 0) is 32.9 Å². The van der Waals surface area contributed by atoms with Gasteiger partial charge in [-0.1, -0.05) is 6.07 Å². The molecule has 0 unspecified atom stereocenters. The van der Waals surface area contributed by atoms with Crippen molar-refractivity contribution in [2.45, 2.75) is 26.8 Å². The van der Waals surface area contributed by atoms with Gasteiger partial charge in [0.1, 0.15) is 12.1 Å². The summed E-state index contributed by atoms with van der Waals surface area (Å²) >= 11 is 0. The zero-order chi connectivity index (χ0) is 15.7. The fourth-order valence-corrected chi connectivity index (χ4v) is 2.61. The number of amides is 1. The van der Waals surface area contributed by atoms with E-state index in [-0.39, 0.29) is 11.9 Å². The minimum absolute atomic E-state index is 0.109. The molecule has 2 N–H and O–H groups in total. The molecule has 0 aliphatic heterocycles. The molecule has 0 atom stereocenters. The van der Waals surface area contributed by atoms with Crippen LogP contribution in [0.5, 0.6) is 0 Å². The molecule has 0 saturated carbocycles. The van der Waals surface area contributed by atoms with Crippen molar-refractivity contribution in [3.63, 3.8) is 0 Å². The molecule has 0 spiro atoms. The Bertz CT molecular complexity index is 837. The number of nitrogens with zero attached hydrogens (tertiary/aromatic N) is 3. The predicted octanol–water partition coefficient (Wildman–Crippen LogP) is 2.45. The number of anilines is 1. The van der Waals surface area contributed by atoms with Crippen LogP contribution in [0.1, 0.15) is 31.1 Å². The molecule has 0 radical (unpaired) electrons. The van der Waals surface area contributed by atoms with Crippen LogP contribution in [0.15, 0.2) is 30.7 Å². The fraction of sp³-hybridized carbons (Fsp3) is 0.312. The van der Waals surface area contributed by atoms with Crippen molar-refractivity contribution < 1.29 is 4.79 Å². The largest absolute Gasteiger partial charge is 0.367 e. The molecule has 0 fully saturated rings. The van der Waals surface area contributed by atoms with Crippen molar-refractivity contribution in [1.29, 1.82) is 0 Å².